The average molecular weight is 208 g/mol. The molecule has 2 unspecified atom stereocenters. The van der Waals surface area contributed by atoms with E-state index in [1.165, 1.54) is 6.42 Å². The number of likely N-dealkylation sites (tertiary alicyclic amines) is 1. The van der Waals surface area contributed by atoms with Gasteiger partial charge in [-0.15, -0.1) is 0 Å². The standard InChI is InChI=1S/C12H20N2O/c13-11-2-1-3-14(7-11)12(15)10-5-8-4-9(8)6-10/h8-11H,1-7,13H2/t8?,9?,10?,11-/m1/s1. The van der Waals surface area contributed by atoms with Gasteiger partial charge in [0.25, 0.3) is 0 Å². The molecule has 2 N–H and O–H groups in total. The zero-order valence-corrected chi connectivity index (χ0v) is 9.19. The molecule has 1 amide bonds. The van der Waals surface area contributed by atoms with Crippen molar-refractivity contribution in [1.82, 2.24) is 4.90 Å². The van der Waals surface area contributed by atoms with Gasteiger partial charge in [0.15, 0.2) is 0 Å². The predicted molar refractivity (Wildman–Crippen MR) is 58.1 cm³/mol. The topological polar surface area (TPSA) is 46.3 Å². The fourth-order valence-corrected chi connectivity index (χ4v) is 3.38. The molecule has 3 nitrogen and oxygen atoms in total. The molecule has 3 rings (SSSR count). The fraction of sp³-hybridized carbons (Fsp3) is 0.917. The van der Waals surface area contributed by atoms with E-state index in [1.54, 1.807) is 0 Å². The van der Waals surface area contributed by atoms with Crippen molar-refractivity contribution >= 4 is 5.91 Å². The summed E-state index contributed by atoms with van der Waals surface area (Å²) in [6.07, 6.45) is 5.89. The molecule has 1 aliphatic heterocycles. The Labute approximate surface area is 91.0 Å². The molecule has 0 spiro atoms. The van der Waals surface area contributed by atoms with Gasteiger partial charge in [-0.1, -0.05) is 0 Å². The number of fused-ring (bicyclic) bond motifs is 1. The quantitative estimate of drug-likeness (QED) is 0.698. The molecule has 2 saturated carbocycles. The second-order valence-corrected chi connectivity index (χ2v) is 5.61. The minimum absolute atomic E-state index is 0.221. The number of rotatable bonds is 1. The number of amides is 1. The molecule has 2 aliphatic carbocycles. The van der Waals surface area contributed by atoms with Crippen LogP contribution in [-0.2, 0) is 4.79 Å². The molecule has 1 saturated heterocycles. The van der Waals surface area contributed by atoms with Crippen molar-refractivity contribution in [1.29, 1.82) is 0 Å². The SMILES string of the molecule is N[C@@H]1CCCN(C(=O)C2CC3CC3C2)C1. The lowest BCUT2D eigenvalue weighted by molar-refractivity contribution is -0.136. The van der Waals surface area contributed by atoms with Crippen LogP contribution in [0.2, 0.25) is 0 Å². The van der Waals surface area contributed by atoms with Gasteiger partial charge in [0.05, 0.1) is 0 Å². The smallest absolute Gasteiger partial charge is 0.225 e. The Bertz CT molecular complexity index is 269. The lowest BCUT2D eigenvalue weighted by Crippen LogP contribution is -2.47. The maximum absolute atomic E-state index is 12.2. The molecule has 1 heterocycles. The van der Waals surface area contributed by atoms with E-state index in [-0.39, 0.29) is 6.04 Å². The van der Waals surface area contributed by atoms with Gasteiger partial charge >= 0.3 is 0 Å². The molecule has 0 aromatic rings. The van der Waals surface area contributed by atoms with Gasteiger partial charge < -0.3 is 10.6 Å². The molecular formula is C12H20N2O. The van der Waals surface area contributed by atoms with E-state index in [9.17, 15) is 4.79 Å². The number of nitrogens with zero attached hydrogens (tertiary/aromatic N) is 1. The third kappa shape index (κ3) is 1.78. The molecule has 0 radical (unpaired) electrons. The van der Waals surface area contributed by atoms with Crippen LogP contribution in [-0.4, -0.2) is 29.9 Å². The van der Waals surface area contributed by atoms with Gasteiger partial charge in [0.1, 0.15) is 0 Å². The van der Waals surface area contributed by atoms with E-state index in [1.807, 2.05) is 4.90 Å². The molecule has 15 heavy (non-hydrogen) atoms. The first-order chi connectivity index (χ1) is 7.24. The molecule has 84 valence electrons. The number of carbonyl (C=O) groups excluding carboxylic acids is 1. The second-order valence-electron chi connectivity index (χ2n) is 5.61. The van der Waals surface area contributed by atoms with Gasteiger partial charge in [0.2, 0.25) is 5.91 Å². The summed E-state index contributed by atoms with van der Waals surface area (Å²) in [6, 6.07) is 0.221. The van der Waals surface area contributed by atoms with Crippen molar-refractivity contribution in [3.05, 3.63) is 0 Å². The van der Waals surface area contributed by atoms with Crippen molar-refractivity contribution in [2.75, 3.05) is 13.1 Å². The highest BCUT2D eigenvalue weighted by molar-refractivity contribution is 5.79. The summed E-state index contributed by atoms with van der Waals surface area (Å²) in [4.78, 5) is 14.2. The highest BCUT2D eigenvalue weighted by atomic mass is 16.2. The Morgan fingerprint density at radius 3 is 2.60 bits per heavy atom. The van der Waals surface area contributed by atoms with E-state index in [4.69, 9.17) is 5.73 Å². The maximum Gasteiger partial charge on any atom is 0.225 e. The van der Waals surface area contributed by atoms with Crippen molar-refractivity contribution in [3.8, 4) is 0 Å². The highest BCUT2D eigenvalue weighted by Crippen LogP contribution is 2.54. The first-order valence-corrected chi connectivity index (χ1v) is 6.28. The Hall–Kier alpha value is -0.570. The molecule has 3 aliphatic rings. The van der Waals surface area contributed by atoms with Crippen LogP contribution in [0.1, 0.15) is 32.1 Å². The lowest BCUT2D eigenvalue weighted by atomic mass is 9.99. The zero-order valence-electron chi connectivity index (χ0n) is 9.19. The van der Waals surface area contributed by atoms with E-state index in [0.29, 0.717) is 11.8 Å². The minimum atomic E-state index is 0.221. The summed E-state index contributed by atoms with van der Waals surface area (Å²) in [7, 11) is 0. The van der Waals surface area contributed by atoms with Gasteiger partial charge in [-0.3, -0.25) is 4.79 Å². The predicted octanol–water partition coefficient (Wildman–Crippen LogP) is 0.982. The van der Waals surface area contributed by atoms with Crippen LogP contribution >= 0.6 is 0 Å². The fourth-order valence-electron chi connectivity index (χ4n) is 3.38. The second kappa shape index (κ2) is 3.48. The number of nitrogens with two attached hydrogens (primary N) is 1. The molecule has 0 aromatic carbocycles. The summed E-state index contributed by atoms with van der Waals surface area (Å²) in [5, 5.41) is 0. The van der Waals surface area contributed by atoms with Crippen molar-refractivity contribution in [3.63, 3.8) is 0 Å². The van der Waals surface area contributed by atoms with Crippen LogP contribution in [0.4, 0.5) is 0 Å². The third-order valence-corrected chi connectivity index (χ3v) is 4.36. The average Bonchev–Trinajstić information content (AvgIpc) is 2.85. The number of hydrogen-bond acceptors (Lipinski definition) is 2. The number of carbonyl (C=O) groups is 1. The highest BCUT2D eigenvalue weighted by Gasteiger charge is 2.48. The van der Waals surface area contributed by atoms with E-state index in [0.717, 1.165) is 50.6 Å². The first kappa shape index (κ1) is 9.64. The zero-order chi connectivity index (χ0) is 10.4. The van der Waals surface area contributed by atoms with Crippen molar-refractivity contribution < 1.29 is 4.79 Å². The van der Waals surface area contributed by atoms with Gasteiger partial charge in [-0.2, -0.15) is 0 Å². The van der Waals surface area contributed by atoms with Crippen LogP contribution in [0.25, 0.3) is 0 Å². The van der Waals surface area contributed by atoms with Crippen LogP contribution < -0.4 is 5.73 Å². The van der Waals surface area contributed by atoms with Gasteiger partial charge in [0, 0.05) is 25.0 Å². The Kier molecular flexibility index (Phi) is 2.23. The number of piperidine rings is 1. The molecule has 0 aromatic heterocycles. The summed E-state index contributed by atoms with van der Waals surface area (Å²) in [5.74, 6) is 2.55. The molecule has 3 atom stereocenters. The molecule has 3 fully saturated rings. The summed E-state index contributed by atoms with van der Waals surface area (Å²) < 4.78 is 0. The summed E-state index contributed by atoms with van der Waals surface area (Å²) >= 11 is 0. The van der Waals surface area contributed by atoms with Crippen molar-refractivity contribution in [2.24, 2.45) is 23.5 Å². The van der Waals surface area contributed by atoms with E-state index < -0.39 is 0 Å². The van der Waals surface area contributed by atoms with E-state index in [2.05, 4.69) is 0 Å². The van der Waals surface area contributed by atoms with Crippen LogP contribution in [0.5, 0.6) is 0 Å². The third-order valence-electron chi connectivity index (χ3n) is 4.36. The monoisotopic (exact) mass is 208 g/mol. The van der Waals surface area contributed by atoms with Gasteiger partial charge in [-0.25, -0.2) is 0 Å². The first-order valence-electron chi connectivity index (χ1n) is 6.28. The van der Waals surface area contributed by atoms with Crippen molar-refractivity contribution in [2.45, 2.75) is 38.1 Å². The van der Waals surface area contributed by atoms with Gasteiger partial charge in [-0.05, 0) is 43.9 Å². The van der Waals surface area contributed by atoms with E-state index >= 15 is 0 Å². The van der Waals surface area contributed by atoms with Crippen LogP contribution in [0, 0.1) is 17.8 Å². The normalized spacial score (nSPS) is 43.9. The van der Waals surface area contributed by atoms with Crippen LogP contribution in [0.3, 0.4) is 0 Å². The summed E-state index contributed by atoms with van der Waals surface area (Å²) in [5.41, 5.74) is 5.90. The lowest BCUT2D eigenvalue weighted by Gasteiger charge is -2.32. The Morgan fingerprint density at radius 1 is 1.20 bits per heavy atom. The minimum Gasteiger partial charge on any atom is -0.341 e. The molecule has 0 bridgehead atoms. The Morgan fingerprint density at radius 2 is 1.93 bits per heavy atom. The maximum atomic E-state index is 12.2. The molecule has 3 heteroatoms. The summed E-state index contributed by atoms with van der Waals surface area (Å²) in [6.45, 7) is 1.74. The Balaban J connectivity index is 1.59. The van der Waals surface area contributed by atoms with Crippen LogP contribution in [0.15, 0.2) is 0 Å². The largest absolute Gasteiger partial charge is 0.341 e. The molecular weight excluding hydrogens is 188 g/mol. The number of hydrogen-bond donors (Lipinski definition) is 1.